The highest BCUT2D eigenvalue weighted by atomic mass is 32.1. The molecular formula is C11H9N3OS2. The summed E-state index contributed by atoms with van der Waals surface area (Å²) >= 11 is 3.13. The maximum Gasteiger partial charge on any atom is 0.261 e. The van der Waals surface area contributed by atoms with Crippen LogP contribution in [0.4, 0.5) is 5.00 Å². The molecule has 3 aromatic heterocycles. The second kappa shape index (κ2) is 3.97. The molecule has 86 valence electrons. The summed E-state index contributed by atoms with van der Waals surface area (Å²) in [6.07, 6.45) is 0. The van der Waals surface area contributed by atoms with Gasteiger partial charge in [0.2, 0.25) is 5.82 Å². The summed E-state index contributed by atoms with van der Waals surface area (Å²) in [5.41, 5.74) is 7.68. The maximum atomic E-state index is 5.89. The molecule has 0 spiro atoms. The molecule has 6 heteroatoms. The van der Waals surface area contributed by atoms with Crippen LogP contribution in [-0.4, -0.2) is 10.1 Å². The minimum Gasteiger partial charge on any atom is -0.390 e. The zero-order valence-electron chi connectivity index (χ0n) is 9.01. The van der Waals surface area contributed by atoms with Crippen LogP contribution >= 0.6 is 22.7 Å². The van der Waals surface area contributed by atoms with Crippen LogP contribution in [0.2, 0.25) is 0 Å². The van der Waals surface area contributed by atoms with E-state index >= 15 is 0 Å². The van der Waals surface area contributed by atoms with Crippen LogP contribution in [0.3, 0.4) is 0 Å². The monoisotopic (exact) mass is 263 g/mol. The SMILES string of the molecule is Cc1cc(-c2nc(-c3ccsc3)no2)c(N)s1. The predicted octanol–water partition coefficient (Wildman–Crippen LogP) is 3.42. The minimum atomic E-state index is 0.480. The molecule has 0 saturated heterocycles. The van der Waals surface area contributed by atoms with Crippen LogP contribution < -0.4 is 5.73 Å². The summed E-state index contributed by atoms with van der Waals surface area (Å²) in [6.45, 7) is 2.00. The normalized spacial score (nSPS) is 10.9. The second-order valence-corrected chi connectivity index (χ2v) is 5.64. The van der Waals surface area contributed by atoms with Gasteiger partial charge in [0, 0.05) is 15.8 Å². The van der Waals surface area contributed by atoms with E-state index in [2.05, 4.69) is 10.1 Å². The van der Waals surface area contributed by atoms with Crippen molar-refractivity contribution in [2.75, 3.05) is 5.73 Å². The Morgan fingerprint density at radius 3 is 2.94 bits per heavy atom. The third-order valence-corrected chi connectivity index (χ3v) is 3.88. The molecule has 4 nitrogen and oxygen atoms in total. The lowest BCUT2D eigenvalue weighted by atomic mass is 10.3. The Balaban J connectivity index is 2.03. The summed E-state index contributed by atoms with van der Waals surface area (Å²) in [5, 5.41) is 8.63. The highest BCUT2D eigenvalue weighted by Crippen LogP contribution is 2.33. The Bertz CT molecular complexity index is 640. The van der Waals surface area contributed by atoms with Crippen molar-refractivity contribution in [3.8, 4) is 22.8 Å². The van der Waals surface area contributed by atoms with E-state index in [1.165, 1.54) is 11.3 Å². The number of thiophene rings is 2. The Morgan fingerprint density at radius 2 is 2.29 bits per heavy atom. The van der Waals surface area contributed by atoms with Crippen molar-refractivity contribution in [2.45, 2.75) is 6.92 Å². The number of rotatable bonds is 2. The van der Waals surface area contributed by atoms with Crippen molar-refractivity contribution in [3.63, 3.8) is 0 Å². The smallest absolute Gasteiger partial charge is 0.261 e. The van der Waals surface area contributed by atoms with Crippen molar-refractivity contribution < 1.29 is 4.52 Å². The van der Waals surface area contributed by atoms with Crippen molar-refractivity contribution in [3.05, 3.63) is 27.8 Å². The third kappa shape index (κ3) is 1.85. The van der Waals surface area contributed by atoms with E-state index in [1.54, 1.807) is 11.3 Å². The average molecular weight is 263 g/mol. The highest BCUT2D eigenvalue weighted by Gasteiger charge is 2.15. The fraction of sp³-hybridized carbons (Fsp3) is 0.0909. The zero-order valence-corrected chi connectivity index (χ0v) is 10.6. The molecule has 0 bridgehead atoms. The van der Waals surface area contributed by atoms with E-state index in [-0.39, 0.29) is 0 Å². The molecule has 0 aromatic carbocycles. The molecule has 3 aromatic rings. The van der Waals surface area contributed by atoms with Gasteiger partial charge in [0.15, 0.2) is 0 Å². The number of aromatic nitrogens is 2. The number of nitrogens with zero attached hydrogens (tertiary/aromatic N) is 2. The van der Waals surface area contributed by atoms with Crippen LogP contribution in [0.1, 0.15) is 4.88 Å². The standard InChI is InChI=1S/C11H9N3OS2/c1-6-4-8(9(12)17-6)11-13-10(14-15-11)7-2-3-16-5-7/h2-5H,12H2,1H3. The molecule has 3 heterocycles. The van der Waals surface area contributed by atoms with Gasteiger partial charge in [0.1, 0.15) is 0 Å². The molecule has 0 unspecified atom stereocenters. The number of nitrogen functional groups attached to an aromatic ring is 1. The molecule has 0 aliphatic rings. The molecule has 0 saturated carbocycles. The van der Waals surface area contributed by atoms with Crippen LogP contribution in [0, 0.1) is 6.92 Å². The Morgan fingerprint density at radius 1 is 1.41 bits per heavy atom. The summed E-state index contributed by atoms with van der Waals surface area (Å²) in [6, 6.07) is 3.92. The molecule has 0 atom stereocenters. The topological polar surface area (TPSA) is 64.9 Å². The second-order valence-electron chi connectivity index (χ2n) is 3.57. The first-order valence-corrected chi connectivity index (χ1v) is 6.72. The molecule has 3 rings (SSSR count). The number of aryl methyl sites for hydroxylation is 1. The van der Waals surface area contributed by atoms with E-state index < -0.39 is 0 Å². The van der Waals surface area contributed by atoms with Crippen molar-refractivity contribution in [2.24, 2.45) is 0 Å². The first-order valence-electron chi connectivity index (χ1n) is 4.96. The number of nitrogens with two attached hydrogens (primary N) is 1. The summed E-state index contributed by atoms with van der Waals surface area (Å²) < 4.78 is 5.24. The lowest BCUT2D eigenvalue weighted by Crippen LogP contribution is -1.83. The van der Waals surface area contributed by atoms with Gasteiger partial charge in [0.25, 0.3) is 5.89 Å². The molecule has 0 fully saturated rings. The zero-order chi connectivity index (χ0) is 11.8. The van der Waals surface area contributed by atoms with Gasteiger partial charge in [-0.15, -0.1) is 11.3 Å². The van der Waals surface area contributed by atoms with Gasteiger partial charge in [-0.25, -0.2) is 0 Å². The van der Waals surface area contributed by atoms with E-state index in [4.69, 9.17) is 10.3 Å². The first kappa shape index (κ1) is 10.5. The number of hydrogen-bond acceptors (Lipinski definition) is 6. The quantitative estimate of drug-likeness (QED) is 0.769. The molecule has 0 aliphatic carbocycles. The lowest BCUT2D eigenvalue weighted by Gasteiger charge is -1.88. The van der Waals surface area contributed by atoms with E-state index in [0.717, 1.165) is 16.0 Å². The van der Waals surface area contributed by atoms with Gasteiger partial charge < -0.3 is 10.3 Å². The fourth-order valence-electron chi connectivity index (χ4n) is 1.54. The van der Waals surface area contributed by atoms with E-state index in [9.17, 15) is 0 Å². The molecule has 17 heavy (non-hydrogen) atoms. The molecule has 0 aliphatic heterocycles. The van der Waals surface area contributed by atoms with Gasteiger partial charge in [-0.2, -0.15) is 16.3 Å². The van der Waals surface area contributed by atoms with Crippen molar-refractivity contribution in [1.29, 1.82) is 0 Å². The molecule has 2 N–H and O–H groups in total. The van der Waals surface area contributed by atoms with Gasteiger partial charge in [-0.3, -0.25) is 0 Å². The van der Waals surface area contributed by atoms with Crippen LogP contribution in [-0.2, 0) is 0 Å². The van der Waals surface area contributed by atoms with Gasteiger partial charge in [0.05, 0.1) is 10.6 Å². The Kier molecular flexibility index (Phi) is 2.45. The molecule has 0 radical (unpaired) electrons. The van der Waals surface area contributed by atoms with Gasteiger partial charge in [-0.1, -0.05) is 5.16 Å². The van der Waals surface area contributed by atoms with Crippen LogP contribution in [0.5, 0.6) is 0 Å². The van der Waals surface area contributed by atoms with Gasteiger partial charge in [-0.05, 0) is 24.4 Å². The molecule has 0 amide bonds. The first-order chi connectivity index (χ1) is 8.24. The Labute approximate surface area is 106 Å². The number of anilines is 1. The van der Waals surface area contributed by atoms with Crippen molar-refractivity contribution >= 4 is 27.7 Å². The number of hydrogen-bond donors (Lipinski definition) is 1. The Hall–Kier alpha value is -1.66. The largest absolute Gasteiger partial charge is 0.390 e. The summed E-state index contributed by atoms with van der Waals surface area (Å²) in [7, 11) is 0. The summed E-state index contributed by atoms with van der Waals surface area (Å²) in [5.74, 6) is 1.08. The van der Waals surface area contributed by atoms with E-state index in [1.807, 2.05) is 29.8 Å². The average Bonchev–Trinajstić information content (AvgIpc) is 2.97. The van der Waals surface area contributed by atoms with Crippen LogP contribution in [0.25, 0.3) is 22.8 Å². The summed E-state index contributed by atoms with van der Waals surface area (Å²) in [4.78, 5) is 5.48. The predicted molar refractivity (Wildman–Crippen MR) is 70.1 cm³/mol. The third-order valence-electron chi connectivity index (χ3n) is 2.32. The fourth-order valence-corrected chi connectivity index (χ4v) is 2.96. The maximum absolute atomic E-state index is 5.89. The highest BCUT2D eigenvalue weighted by molar-refractivity contribution is 7.16. The minimum absolute atomic E-state index is 0.480. The van der Waals surface area contributed by atoms with Gasteiger partial charge >= 0.3 is 0 Å². The van der Waals surface area contributed by atoms with Crippen LogP contribution in [0.15, 0.2) is 27.4 Å². The van der Waals surface area contributed by atoms with Crippen molar-refractivity contribution in [1.82, 2.24) is 10.1 Å². The lowest BCUT2D eigenvalue weighted by molar-refractivity contribution is 0.432. The van der Waals surface area contributed by atoms with E-state index in [0.29, 0.717) is 16.7 Å². The molecular weight excluding hydrogens is 254 g/mol.